The molecular formula is C19H23N3O4S. The minimum atomic E-state index is -3.63. The summed E-state index contributed by atoms with van der Waals surface area (Å²) in [4.78, 5) is 24.2. The van der Waals surface area contributed by atoms with E-state index < -0.39 is 21.8 Å². The van der Waals surface area contributed by atoms with Gasteiger partial charge in [0.25, 0.3) is 11.8 Å². The zero-order chi connectivity index (χ0) is 20.0. The molecule has 0 fully saturated rings. The van der Waals surface area contributed by atoms with Gasteiger partial charge in [-0.1, -0.05) is 24.6 Å². The van der Waals surface area contributed by atoms with Gasteiger partial charge >= 0.3 is 0 Å². The maximum absolute atomic E-state index is 12.2. The van der Waals surface area contributed by atoms with E-state index in [1.165, 1.54) is 24.3 Å². The van der Waals surface area contributed by atoms with E-state index in [1.807, 2.05) is 13.8 Å². The molecule has 0 unspecified atom stereocenters. The molecule has 2 rings (SSSR count). The van der Waals surface area contributed by atoms with Crippen LogP contribution in [0.5, 0.6) is 0 Å². The van der Waals surface area contributed by atoms with Crippen LogP contribution >= 0.6 is 0 Å². The van der Waals surface area contributed by atoms with Crippen molar-refractivity contribution in [1.82, 2.24) is 15.6 Å². The van der Waals surface area contributed by atoms with E-state index in [1.54, 1.807) is 31.2 Å². The Labute approximate surface area is 159 Å². The van der Waals surface area contributed by atoms with Crippen LogP contribution in [0.4, 0.5) is 0 Å². The molecule has 2 amide bonds. The van der Waals surface area contributed by atoms with Crippen molar-refractivity contribution in [2.24, 2.45) is 0 Å². The highest BCUT2D eigenvalue weighted by Gasteiger charge is 2.17. The summed E-state index contributed by atoms with van der Waals surface area (Å²) in [6.07, 6.45) is 0.667. The normalized spacial score (nSPS) is 12.3. The zero-order valence-electron chi connectivity index (χ0n) is 15.4. The summed E-state index contributed by atoms with van der Waals surface area (Å²) in [6.45, 7) is 5.56. The van der Waals surface area contributed by atoms with Crippen molar-refractivity contribution >= 4 is 21.8 Å². The lowest BCUT2D eigenvalue weighted by molar-refractivity contribution is 0.0846. The maximum Gasteiger partial charge on any atom is 0.269 e. The van der Waals surface area contributed by atoms with Gasteiger partial charge in [-0.05, 0) is 56.7 Å². The highest BCUT2D eigenvalue weighted by atomic mass is 32.2. The summed E-state index contributed by atoms with van der Waals surface area (Å²) < 4.78 is 27.0. The third-order valence-electron chi connectivity index (χ3n) is 4.00. The molecule has 0 heterocycles. The Morgan fingerprint density at radius 3 is 1.78 bits per heavy atom. The number of rotatable bonds is 6. The van der Waals surface area contributed by atoms with Crippen molar-refractivity contribution in [2.75, 3.05) is 0 Å². The number of amides is 2. The Hall–Kier alpha value is -2.71. The minimum absolute atomic E-state index is 0.0723. The van der Waals surface area contributed by atoms with Gasteiger partial charge in [0.05, 0.1) is 4.90 Å². The summed E-state index contributed by atoms with van der Waals surface area (Å²) in [5.41, 5.74) is 6.29. The van der Waals surface area contributed by atoms with Crippen molar-refractivity contribution < 1.29 is 18.0 Å². The number of hydrogen-bond donors (Lipinski definition) is 3. The van der Waals surface area contributed by atoms with Crippen molar-refractivity contribution in [3.63, 3.8) is 0 Å². The maximum atomic E-state index is 12.2. The van der Waals surface area contributed by atoms with E-state index in [0.29, 0.717) is 12.0 Å². The Morgan fingerprint density at radius 2 is 1.33 bits per heavy atom. The summed E-state index contributed by atoms with van der Waals surface area (Å²) in [5, 5.41) is 0. The van der Waals surface area contributed by atoms with Crippen molar-refractivity contribution in [1.29, 1.82) is 0 Å². The number of sulfonamides is 1. The quantitative estimate of drug-likeness (QED) is 0.659. The SMILES string of the molecule is CC[C@H](C)NS(=O)(=O)c1ccc(C(=O)NNC(=O)c2ccc(C)cc2)cc1. The Bertz CT molecular complexity index is 907. The van der Waals surface area contributed by atoms with Crippen LogP contribution in [0.25, 0.3) is 0 Å². The fraction of sp³-hybridized carbons (Fsp3) is 0.263. The average molecular weight is 389 g/mol. The molecule has 0 aromatic heterocycles. The second-order valence-electron chi connectivity index (χ2n) is 6.23. The molecule has 144 valence electrons. The van der Waals surface area contributed by atoms with Crippen LogP contribution in [0, 0.1) is 6.92 Å². The summed E-state index contributed by atoms with van der Waals surface area (Å²) in [7, 11) is -3.63. The van der Waals surface area contributed by atoms with Gasteiger partial charge in [-0.2, -0.15) is 0 Å². The van der Waals surface area contributed by atoms with Gasteiger partial charge in [0.1, 0.15) is 0 Å². The van der Waals surface area contributed by atoms with Gasteiger partial charge in [-0.15, -0.1) is 0 Å². The molecule has 0 aliphatic rings. The predicted octanol–water partition coefficient (Wildman–Crippen LogP) is 2.15. The molecule has 0 saturated carbocycles. The van der Waals surface area contributed by atoms with E-state index >= 15 is 0 Å². The molecule has 0 bridgehead atoms. The van der Waals surface area contributed by atoms with E-state index in [4.69, 9.17) is 0 Å². The lowest BCUT2D eigenvalue weighted by Crippen LogP contribution is -2.41. The van der Waals surface area contributed by atoms with Gasteiger partial charge in [-0.25, -0.2) is 13.1 Å². The fourth-order valence-electron chi connectivity index (χ4n) is 2.16. The molecule has 0 aliphatic carbocycles. The highest BCUT2D eigenvalue weighted by Crippen LogP contribution is 2.11. The summed E-state index contributed by atoms with van der Waals surface area (Å²) in [6, 6.07) is 12.2. The van der Waals surface area contributed by atoms with Crippen LogP contribution < -0.4 is 15.6 Å². The van der Waals surface area contributed by atoms with E-state index in [2.05, 4.69) is 15.6 Å². The first-order valence-corrected chi connectivity index (χ1v) is 10.0. The average Bonchev–Trinajstić information content (AvgIpc) is 2.66. The summed E-state index contributed by atoms with van der Waals surface area (Å²) in [5.74, 6) is -0.991. The Morgan fingerprint density at radius 1 is 0.889 bits per heavy atom. The third kappa shape index (κ3) is 5.63. The van der Waals surface area contributed by atoms with E-state index in [-0.39, 0.29) is 16.5 Å². The summed E-state index contributed by atoms with van der Waals surface area (Å²) >= 11 is 0. The highest BCUT2D eigenvalue weighted by molar-refractivity contribution is 7.89. The second-order valence-corrected chi connectivity index (χ2v) is 7.94. The molecule has 2 aromatic carbocycles. The van der Waals surface area contributed by atoms with Gasteiger partial charge in [0.2, 0.25) is 10.0 Å². The number of carbonyl (C=O) groups excluding carboxylic acids is 2. The van der Waals surface area contributed by atoms with Crippen molar-refractivity contribution in [3.8, 4) is 0 Å². The number of carbonyl (C=O) groups is 2. The van der Waals surface area contributed by atoms with Crippen molar-refractivity contribution in [2.45, 2.75) is 38.1 Å². The first-order valence-electron chi connectivity index (χ1n) is 8.52. The lowest BCUT2D eigenvalue weighted by atomic mass is 10.1. The van der Waals surface area contributed by atoms with Crippen LogP contribution in [0.2, 0.25) is 0 Å². The molecular weight excluding hydrogens is 366 g/mol. The fourth-order valence-corrected chi connectivity index (χ4v) is 3.49. The largest absolute Gasteiger partial charge is 0.269 e. The van der Waals surface area contributed by atoms with Crippen molar-refractivity contribution in [3.05, 3.63) is 65.2 Å². The number of nitrogens with one attached hydrogen (secondary N) is 3. The molecule has 0 radical (unpaired) electrons. The van der Waals surface area contributed by atoms with Crippen LogP contribution in [0.1, 0.15) is 46.5 Å². The van der Waals surface area contributed by atoms with Crippen LogP contribution in [0.3, 0.4) is 0 Å². The molecule has 27 heavy (non-hydrogen) atoms. The zero-order valence-corrected chi connectivity index (χ0v) is 16.3. The second kappa shape index (κ2) is 8.79. The van der Waals surface area contributed by atoms with Gasteiger partial charge in [0.15, 0.2) is 0 Å². The predicted molar refractivity (Wildman–Crippen MR) is 103 cm³/mol. The van der Waals surface area contributed by atoms with Crippen LogP contribution in [0.15, 0.2) is 53.4 Å². The number of hydrogen-bond acceptors (Lipinski definition) is 4. The molecule has 7 nitrogen and oxygen atoms in total. The number of aryl methyl sites for hydroxylation is 1. The first kappa shape index (κ1) is 20.6. The smallest absolute Gasteiger partial charge is 0.267 e. The van der Waals surface area contributed by atoms with E-state index in [0.717, 1.165) is 5.56 Å². The topological polar surface area (TPSA) is 104 Å². The Balaban J connectivity index is 1.99. The number of hydrazine groups is 1. The Kier molecular flexibility index (Phi) is 6.70. The molecule has 3 N–H and O–H groups in total. The third-order valence-corrected chi connectivity index (χ3v) is 5.60. The first-order chi connectivity index (χ1) is 12.7. The minimum Gasteiger partial charge on any atom is -0.267 e. The number of benzene rings is 2. The monoisotopic (exact) mass is 389 g/mol. The van der Waals surface area contributed by atoms with Crippen LogP contribution in [-0.4, -0.2) is 26.3 Å². The molecule has 0 aliphatic heterocycles. The van der Waals surface area contributed by atoms with Gasteiger partial charge in [0, 0.05) is 17.2 Å². The molecule has 0 saturated heterocycles. The van der Waals surface area contributed by atoms with Crippen LogP contribution in [-0.2, 0) is 10.0 Å². The molecule has 2 aromatic rings. The molecule has 8 heteroatoms. The van der Waals surface area contributed by atoms with Gasteiger partial charge in [-0.3, -0.25) is 20.4 Å². The molecule has 0 spiro atoms. The lowest BCUT2D eigenvalue weighted by Gasteiger charge is -2.12. The van der Waals surface area contributed by atoms with Gasteiger partial charge < -0.3 is 0 Å². The standard InChI is InChI=1S/C19H23N3O4S/c1-4-14(3)22-27(25,26)17-11-9-16(10-12-17)19(24)21-20-18(23)15-7-5-13(2)6-8-15/h5-12,14,22H,4H2,1-3H3,(H,20,23)(H,21,24)/t14-/m0/s1. The molecule has 1 atom stereocenters. The van der Waals surface area contributed by atoms with E-state index in [9.17, 15) is 18.0 Å².